The summed E-state index contributed by atoms with van der Waals surface area (Å²) in [5, 5.41) is 11.2. The van der Waals surface area contributed by atoms with E-state index in [0.717, 1.165) is 5.56 Å². The SMILES string of the molecule is CC(C#N)CNC(=O)C(N)c1ccccc1. The lowest BCUT2D eigenvalue weighted by atomic mass is 10.1. The molecule has 1 aromatic rings. The Morgan fingerprint density at radius 2 is 2.12 bits per heavy atom. The number of nitrogens with two attached hydrogens (primary N) is 1. The van der Waals surface area contributed by atoms with E-state index in [2.05, 4.69) is 5.32 Å². The Labute approximate surface area is 95.1 Å². The molecule has 0 fully saturated rings. The zero-order valence-corrected chi connectivity index (χ0v) is 9.18. The molecule has 0 aliphatic rings. The first-order valence-corrected chi connectivity index (χ1v) is 5.13. The molecular formula is C12H15N3O. The summed E-state index contributed by atoms with van der Waals surface area (Å²) in [6.07, 6.45) is 0. The molecule has 3 N–H and O–H groups in total. The number of nitrogens with one attached hydrogen (secondary N) is 1. The molecule has 0 spiro atoms. The summed E-state index contributed by atoms with van der Waals surface area (Å²) < 4.78 is 0. The van der Waals surface area contributed by atoms with Crippen molar-refractivity contribution in [3.8, 4) is 6.07 Å². The molecule has 2 atom stereocenters. The summed E-state index contributed by atoms with van der Waals surface area (Å²) in [4.78, 5) is 11.6. The Kier molecular flexibility index (Phi) is 4.49. The Bertz CT molecular complexity index is 383. The van der Waals surface area contributed by atoms with Gasteiger partial charge in [-0.15, -0.1) is 0 Å². The van der Waals surface area contributed by atoms with E-state index >= 15 is 0 Å². The maximum atomic E-state index is 11.6. The van der Waals surface area contributed by atoms with Gasteiger partial charge in [0.15, 0.2) is 0 Å². The Morgan fingerprint density at radius 1 is 1.50 bits per heavy atom. The summed E-state index contributed by atoms with van der Waals surface area (Å²) in [7, 11) is 0. The highest BCUT2D eigenvalue weighted by Crippen LogP contribution is 2.09. The monoisotopic (exact) mass is 217 g/mol. The molecule has 0 saturated heterocycles. The molecule has 4 heteroatoms. The zero-order chi connectivity index (χ0) is 12.0. The quantitative estimate of drug-likeness (QED) is 0.788. The number of carbonyl (C=O) groups excluding carboxylic acids is 1. The van der Waals surface area contributed by atoms with Crippen molar-refractivity contribution >= 4 is 5.91 Å². The number of nitrogens with zero attached hydrogens (tertiary/aromatic N) is 1. The van der Waals surface area contributed by atoms with Gasteiger partial charge in [0.2, 0.25) is 5.91 Å². The summed E-state index contributed by atoms with van der Waals surface area (Å²) in [6.45, 7) is 2.07. The minimum atomic E-state index is -0.674. The number of rotatable bonds is 4. The van der Waals surface area contributed by atoms with E-state index in [4.69, 9.17) is 11.0 Å². The van der Waals surface area contributed by atoms with Crippen LogP contribution >= 0.6 is 0 Å². The molecule has 0 aliphatic carbocycles. The number of nitriles is 1. The molecule has 4 nitrogen and oxygen atoms in total. The largest absolute Gasteiger partial charge is 0.353 e. The second-order valence-corrected chi connectivity index (χ2v) is 3.66. The predicted molar refractivity (Wildman–Crippen MR) is 61.2 cm³/mol. The Hall–Kier alpha value is -1.86. The highest BCUT2D eigenvalue weighted by Gasteiger charge is 2.15. The minimum absolute atomic E-state index is 0.202. The van der Waals surface area contributed by atoms with Crippen LogP contribution in [0, 0.1) is 17.2 Å². The van der Waals surface area contributed by atoms with E-state index in [9.17, 15) is 4.79 Å². The molecule has 0 aliphatic heterocycles. The van der Waals surface area contributed by atoms with Crippen LogP contribution in [-0.4, -0.2) is 12.5 Å². The number of carbonyl (C=O) groups is 1. The molecular weight excluding hydrogens is 202 g/mol. The summed E-state index contributed by atoms with van der Waals surface area (Å²) >= 11 is 0. The molecule has 1 amide bonds. The Morgan fingerprint density at radius 3 is 2.69 bits per heavy atom. The van der Waals surface area contributed by atoms with Crippen molar-refractivity contribution in [1.82, 2.24) is 5.32 Å². The molecule has 0 saturated carbocycles. The van der Waals surface area contributed by atoms with Crippen molar-refractivity contribution in [2.75, 3.05) is 6.54 Å². The van der Waals surface area contributed by atoms with Gasteiger partial charge in [-0.05, 0) is 12.5 Å². The molecule has 0 radical (unpaired) electrons. The highest BCUT2D eigenvalue weighted by molar-refractivity contribution is 5.82. The molecule has 1 rings (SSSR count). The van der Waals surface area contributed by atoms with Crippen LogP contribution in [0.5, 0.6) is 0 Å². The van der Waals surface area contributed by atoms with Crippen molar-refractivity contribution in [2.24, 2.45) is 11.7 Å². The van der Waals surface area contributed by atoms with Crippen LogP contribution < -0.4 is 11.1 Å². The maximum Gasteiger partial charge on any atom is 0.241 e. The number of hydrogen-bond donors (Lipinski definition) is 2. The van der Waals surface area contributed by atoms with Crippen LogP contribution in [-0.2, 0) is 4.79 Å². The van der Waals surface area contributed by atoms with Gasteiger partial charge >= 0.3 is 0 Å². The molecule has 0 bridgehead atoms. The van der Waals surface area contributed by atoms with Gasteiger partial charge in [-0.2, -0.15) is 5.26 Å². The van der Waals surface area contributed by atoms with E-state index in [1.54, 1.807) is 19.1 Å². The lowest BCUT2D eigenvalue weighted by Crippen LogP contribution is -2.36. The molecule has 2 unspecified atom stereocenters. The van der Waals surface area contributed by atoms with Crippen molar-refractivity contribution in [1.29, 1.82) is 5.26 Å². The van der Waals surface area contributed by atoms with Crippen molar-refractivity contribution in [3.05, 3.63) is 35.9 Å². The summed E-state index contributed by atoms with van der Waals surface area (Å²) in [5.41, 5.74) is 6.54. The standard InChI is InChI=1S/C12H15N3O/c1-9(7-13)8-15-12(16)11(14)10-5-3-2-4-6-10/h2-6,9,11H,8,14H2,1H3,(H,15,16). The Balaban J connectivity index is 2.53. The van der Waals surface area contributed by atoms with Crippen LogP contribution in [0.25, 0.3) is 0 Å². The minimum Gasteiger partial charge on any atom is -0.353 e. The smallest absolute Gasteiger partial charge is 0.241 e. The fraction of sp³-hybridized carbons (Fsp3) is 0.333. The predicted octanol–water partition coefficient (Wildman–Crippen LogP) is 0.962. The molecule has 84 valence electrons. The van der Waals surface area contributed by atoms with Crippen LogP contribution in [0.1, 0.15) is 18.5 Å². The van der Waals surface area contributed by atoms with Gasteiger partial charge < -0.3 is 11.1 Å². The number of benzene rings is 1. The van der Waals surface area contributed by atoms with Crippen LogP contribution in [0.4, 0.5) is 0 Å². The fourth-order valence-corrected chi connectivity index (χ4v) is 1.22. The maximum absolute atomic E-state index is 11.6. The van der Waals surface area contributed by atoms with Gasteiger partial charge in [-0.1, -0.05) is 30.3 Å². The molecule has 0 heterocycles. The van der Waals surface area contributed by atoms with Gasteiger partial charge in [-0.3, -0.25) is 4.79 Å². The van der Waals surface area contributed by atoms with Crippen LogP contribution in [0.15, 0.2) is 30.3 Å². The normalized spacial score (nSPS) is 13.6. The second-order valence-electron chi connectivity index (χ2n) is 3.66. The zero-order valence-electron chi connectivity index (χ0n) is 9.18. The lowest BCUT2D eigenvalue weighted by Gasteiger charge is -2.12. The van der Waals surface area contributed by atoms with Gasteiger partial charge in [0, 0.05) is 6.54 Å². The average Bonchev–Trinajstić information content (AvgIpc) is 2.35. The van der Waals surface area contributed by atoms with Gasteiger partial charge in [0.1, 0.15) is 6.04 Å². The first-order chi connectivity index (χ1) is 7.65. The lowest BCUT2D eigenvalue weighted by molar-refractivity contribution is -0.122. The van der Waals surface area contributed by atoms with Gasteiger partial charge in [-0.25, -0.2) is 0 Å². The van der Waals surface area contributed by atoms with E-state index in [0.29, 0.717) is 6.54 Å². The fourth-order valence-electron chi connectivity index (χ4n) is 1.22. The third-order valence-corrected chi connectivity index (χ3v) is 2.24. The van der Waals surface area contributed by atoms with E-state index in [1.165, 1.54) is 0 Å². The van der Waals surface area contributed by atoms with Crippen LogP contribution in [0.3, 0.4) is 0 Å². The third-order valence-electron chi connectivity index (χ3n) is 2.24. The van der Waals surface area contributed by atoms with Gasteiger partial charge in [0.25, 0.3) is 0 Å². The highest BCUT2D eigenvalue weighted by atomic mass is 16.2. The van der Waals surface area contributed by atoms with Crippen molar-refractivity contribution < 1.29 is 4.79 Å². The molecule has 0 aromatic heterocycles. The number of amides is 1. The molecule has 16 heavy (non-hydrogen) atoms. The topological polar surface area (TPSA) is 78.9 Å². The first kappa shape index (κ1) is 12.2. The first-order valence-electron chi connectivity index (χ1n) is 5.13. The average molecular weight is 217 g/mol. The summed E-state index contributed by atoms with van der Waals surface area (Å²) in [5.74, 6) is -0.458. The number of hydrogen-bond acceptors (Lipinski definition) is 3. The van der Waals surface area contributed by atoms with Crippen molar-refractivity contribution in [2.45, 2.75) is 13.0 Å². The third kappa shape index (κ3) is 3.37. The van der Waals surface area contributed by atoms with E-state index in [-0.39, 0.29) is 11.8 Å². The van der Waals surface area contributed by atoms with Crippen molar-refractivity contribution in [3.63, 3.8) is 0 Å². The van der Waals surface area contributed by atoms with E-state index < -0.39 is 6.04 Å². The second kappa shape index (κ2) is 5.89. The van der Waals surface area contributed by atoms with Crippen LogP contribution in [0.2, 0.25) is 0 Å². The van der Waals surface area contributed by atoms with Gasteiger partial charge in [0.05, 0.1) is 12.0 Å². The summed E-state index contributed by atoms with van der Waals surface area (Å²) in [6, 6.07) is 10.5. The van der Waals surface area contributed by atoms with E-state index in [1.807, 2.05) is 24.3 Å². The molecule has 1 aromatic carbocycles.